The SMILES string of the molecule is CCNc1nnc(C(=O)NC(C)C(CC)CC)s1. The predicted octanol–water partition coefficient (Wildman–Crippen LogP) is 2.52. The molecule has 0 aliphatic carbocycles. The van der Waals surface area contributed by atoms with Gasteiger partial charge in [0.2, 0.25) is 10.1 Å². The second-order valence-corrected chi connectivity index (χ2v) is 5.26. The van der Waals surface area contributed by atoms with Gasteiger partial charge in [0.1, 0.15) is 0 Å². The summed E-state index contributed by atoms with van der Waals surface area (Å²) < 4.78 is 0. The number of nitrogens with zero attached hydrogens (tertiary/aromatic N) is 2. The summed E-state index contributed by atoms with van der Waals surface area (Å²) in [6.07, 6.45) is 2.13. The largest absolute Gasteiger partial charge is 0.360 e. The quantitative estimate of drug-likeness (QED) is 0.799. The van der Waals surface area contributed by atoms with Crippen molar-refractivity contribution < 1.29 is 4.79 Å². The first-order valence-corrected chi connectivity index (χ1v) is 7.32. The highest BCUT2D eigenvalue weighted by molar-refractivity contribution is 7.17. The van der Waals surface area contributed by atoms with Gasteiger partial charge in [-0.25, -0.2) is 0 Å². The molecule has 1 heterocycles. The molecule has 1 unspecified atom stereocenters. The monoisotopic (exact) mass is 270 g/mol. The molecular weight excluding hydrogens is 248 g/mol. The maximum Gasteiger partial charge on any atom is 0.282 e. The van der Waals surface area contributed by atoms with Crippen molar-refractivity contribution in [2.24, 2.45) is 5.92 Å². The van der Waals surface area contributed by atoms with Crippen LogP contribution in [0.1, 0.15) is 50.3 Å². The van der Waals surface area contributed by atoms with E-state index in [0.717, 1.165) is 19.4 Å². The van der Waals surface area contributed by atoms with Crippen molar-refractivity contribution in [2.75, 3.05) is 11.9 Å². The van der Waals surface area contributed by atoms with Crippen LogP contribution in [0.25, 0.3) is 0 Å². The van der Waals surface area contributed by atoms with Crippen LogP contribution >= 0.6 is 11.3 Å². The zero-order chi connectivity index (χ0) is 13.5. The summed E-state index contributed by atoms with van der Waals surface area (Å²) in [4.78, 5) is 12.0. The first-order valence-electron chi connectivity index (χ1n) is 6.50. The molecule has 0 radical (unpaired) electrons. The maximum atomic E-state index is 12.0. The van der Waals surface area contributed by atoms with Crippen LogP contribution in [0.3, 0.4) is 0 Å². The molecule has 1 amide bonds. The Kier molecular flexibility index (Phi) is 6.04. The summed E-state index contributed by atoms with van der Waals surface area (Å²) in [5.41, 5.74) is 0. The van der Waals surface area contributed by atoms with Gasteiger partial charge in [-0.3, -0.25) is 4.79 Å². The average Bonchev–Trinajstić information content (AvgIpc) is 2.79. The molecule has 6 heteroatoms. The van der Waals surface area contributed by atoms with E-state index < -0.39 is 0 Å². The molecule has 18 heavy (non-hydrogen) atoms. The molecule has 0 aliphatic heterocycles. The number of hydrogen-bond donors (Lipinski definition) is 2. The number of carbonyl (C=O) groups excluding carboxylic acids is 1. The zero-order valence-corrected chi connectivity index (χ0v) is 12.3. The first-order chi connectivity index (χ1) is 8.62. The lowest BCUT2D eigenvalue weighted by molar-refractivity contribution is 0.0924. The third-order valence-corrected chi connectivity index (χ3v) is 3.94. The molecule has 0 aromatic carbocycles. The molecule has 0 bridgehead atoms. The van der Waals surface area contributed by atoms with Gasteiger partial charge in [-0.05, 0) is 19.8 Å². The molecule has 5 nitrogen and oxygen atoms in total. The van der Waals surface area contributed by atoms with Gasteiger partial charge in [0.15, 0.2) is 0 Å². The van der Waals surface area contributed by atoms with E-state index in [1.54, 1.807) is 0 Å². The molecule has 1 aromatic rings. The summed E-state index contributed by atoms with van der Waals surface area (Å²) >= 11 is 1.29. The molecule has 0 saturated carbocycles. The fourth-order valence-corrected chi connectivity index (χ4v) is 2.63. The van der Waals surface area contributed by atoms with Crippen LogP contribution in [0.5, 0.6) is 0 Å². The fraction of sp³-hybridized carbons (Fsp3) is 0.750. The van der Waals surface area contributed by atoms with Crippen molar-refractivity contribution in [2.45, 2.75) is 46.6 Å². The molecule has 1 atom stereocenters. The van der Waals surface area contributed by atoms with Gasteiger partial charge < -0.3 is 10.6 Å². The summed E-state index contributed by atoms with van der Waals surface area (Å²) in [5.74, 6) is 0.381. The number of anilines is 1. The van der Waals surface area contributed by atoms with Gasteiger partial charge in [0.05, 0.1) is 0 Å². The highest BCUT2D eigenvalue weighted by Crippen LogP contribution is 2.17. The van der Waals surface area contributed by atoms with Crippen LogP contribution in [0, 0.1) is 5.92 Å². The van der Waals surface area contributed by atoms with Crippen molar-refractivity contribution >= 4 is 22.4 Å². The van der Waals surface area contributed by atoms with Crippen molar-refractivity contribution in [1.29, 1.82) is 0 Å². The Morgan fingerprint density at radius 2 is 1.94 bits per heavy atom. The number of aromatic nitrogens is 2. The topological polar surface area (TPSA) is 66.9 Å². The third-order valence-electron chi connectivity index (χ3n) is 3.06. The minimum atomic E-state index is -0.129. The number of carbonyl (C=O) groups is 1. The minimum Gasteiger partial charge on any atom is -0.360 e. The number of hydrogen-bond acceptors (Lipinski definition) is 5. The average molecular weight is 270 g/mol. The molecule has 1 aromatic heterocycles. The summed E-state index contributed by atoms with van der Waals surface area (Å²) in [6.45, 7) is 9.09. The van der Waals surface area contributed by atoms with E-state index in [0.29, 0.717) is 16.1 Å². The second-order valence-electron chi connectivity index (χ2n) is 4.28. The lowest BCUT2D eigenvalue weighted by Gasteiger charge is -2.21. The van der Waals surface area contributed by atoms with Gasteiger partial charge in [0.25, 0.3) is 5.91 Å². The van der Waals surface area contributed by atoms with Gasteiger partial charge in [-0.2, -0.15) is 0 Å². The van der Waals surface area contributed by atoms with E-state index in [4.69, 9.17) is 0 Å². The molecule has 1 rings (SSSR count). The van der Waals surface area contributed by atoms with E-state index >= 15 is 0 Å². The molecule has 0 spiro atoms. The molecular formula is C12H22N4OS. The van der Waals surface area contributed by atoms with E-state index in [2.05, 4.69) is 34.7 Å². The summed E-state index contributed by atoms with van der Waals surface area (Å²) in [6, 6.07) is 0.166. The number of rotatable bonds is 7. The molecule has 0 saturated heterocycles. The van der Waals surface area contributed by atoms with Gasteiger partial charge >= 0.3 is 0 Å². The predicted molar refractivity (Wildman–Crippen MR) is 75.1 cm³/mol. The van der Waals surface area contributed by atoms with Crippen LogP contribution in [-0.4, -0.2) is 28.7 Å². The number of amides is 1. The van der Waals surface area contributed by atoms with E-state index in [9.17, 15) is 4.79 Å². The smallest absolute Gasteiger partial charge is 0.282 e. The molecule has 102 valence electrons. The standard InChI is InChI=1S/C12H22N4OS/c1-5-9(6-2)8(4)14-10(17)11-15-16-12(18-11)13-7-3/h8-9H,5-7H2,1-4H3,(H,13,16)(H,14,17). The van der Waals surface area contributed by atoms with Crippen LogP contribution in [0.15, 0.2) is 0 Å². The Balaban J connectivity index is 2.58. The van der Waals surface area contributed by atoms with Crippen molar-refractivity contribution in [3.63, 3.8) is 0 Å². The van der Waals surface area contributed by atoms with Gasteiger partial charge in [0, 0.05) is 12.6 Å². The summed E-state index contributed by atoms with van der Waals surface area (Å²) in [7, 11) is 0. The zero-order valence-electron chi connectivity index (χ0n) is 11.5. The Bertz CT molecular complexity index is 376. The lowest BCUT2D eigenvalue weighted by Crippen LogP contribution is -2.37. The third kappa shape index (κ3) is 3.94. The van der Waals surface area contributed by atoms with Gasteiger partial charge in [-0.1, -0.05) is 38.0 Å². The van der Waals surface area contributed by atoms with Crippen LogP contribution in [0.2, 0.25) is 0 Å². The van der Waals surface area contributed by atoms with Crippen molar-refractivity contribution in [1.82, 2.24) is 15.5 Å². The molecule has 2 N–H and O–H groups in total. The molecule has 0 fully saturated rings. The number of nitrogens with one attached hydrogen (secondary N) is 2. The Labute approximate surface area is 112 Å². The molecule has 0 aliphatic rings. The highest BCUT2D eigenvalue weighted by Gasteiger charge is 2.19. The Hall–Kier alpha value is -1.17. The van der Waals surface area contributed by atoms with E-state index in [-0.39, 0.29) is 11.9 Å². The first kappa shape index (κ1) is 14.9. The van der Waals surface area contributed by atoms with Crippen molar-refractivity contribution in [3.8, 4) is 0 Å². The second kappa shape index (κ2) is 7.31. The van der Waals surface area contributed by atoms with E-state index in [1.807, 2.05) is 13.8 Å². The Morgan fingerprint density at radius 1 is 1.28 bits per heavy atom. The highest BCUT2D eigenvalue weighted by atomic mass is 32.1. The van der Waals surface area contributed by atoms with Gasteiger partial charge in [-0.15, -0.1) is 10.2 Å². The Morgan fingerprint density at radius 3 is 2.50 bits per heavy atom. The van der Waals surface area contributed by atoms with E-state index in [1.165, 1.54) is 11.3 Å². The normalized spacial score (nSPS) is 12.5. The van der Waals surface area contributed by atoms with Crippen LogP contribution in [-0.2, 0) is 0 Å². The summed E-state index contributed by atoms with van der Waals surface area (Å²) in [5, 5.41) is 15.0. The maximum absolute atomic E-state index is 12.0. The lowest BCUT2D eigenvalue weighted by atomic mass is 9.95. The minimum absolute atomic E-state index is 0.129. The van der Waals surface area contributed by atoms with Crippen LogP contribution < -0.4 is 10.6 Å². The fourth-order valence-electron chi connectivity index (χ4n) is 1.92. The van der Waals surface area contributed by atoms with Crippen molar-refractivity contribution in [3.05, 3.63) is 5.01 Å². The van der Waals surface area contributed by atoms with Crippen LogP contribution in [0.4, 0.5) is 5.13 Å².